The lowest BCUT2D eigenvalue weighted by molar-refractivity contribution is -0.115. The van der Waals surface area contributed by atoms with Gasteiger partial charge >= 0.3 is 0 Å². The molecule has 0 aliphatic carbocycles. The first-order chi connectivity index (χ1) is 18.1. The number of carbonyl (C=O) groups excluding carboxylic acids is 1. The number of amides is 1. The van der Waals surface area contributed by atoms with Gasteiger partial charge in [0, 0.05) is 28.7 Å². The van der Waals surface area contributed by atoms with Crippen LogP contribution in [0.2, 0.25) is 0 Å². The summed E-state index contributed by atoms with van der Waals surface area (Å²) in [4.78, 5) is 23.0. The molecule has 3 aromatic heterocycles. The van der Waals surface area contributed by atoms with Crippen LogP contribution in [0, 0.1) is 18.3 Å². The predicted octanol–water partition coefficient (Wildman–Crippen LogP) is 7.90. The van der Waals surface area contributed by atoms with Crippen molar-refractivity contribution in [3.8, 4) is 39.0 Å². The second-order valence-corrected chi connectivity index (χ2v) is 11.1. The van der Waals surface area contributed by atoms with Gasteiger partial charge in [-0.05, 0) is 30.0 Å². The standard InChI is InChI=1S/C29H22N4OS3/c1-19-9-11-20(12-10-19)22-16-24(21-6-3-2-4-7-21)31-28(23(22)17-30)36-15-13-27(34)33-29-32-25(18-37-29)26-8-5-14-35-26/h2-12,14,16,18H,13,15H2,1H3,(H,32,33,34). The van der Waals surface area contributed by atoms with Crippen LogP contribution in [0.3, 0.4) is 0 Å². The molecule has 37 heavy (non-hydrogen) atoms. The van der Waals surface area contributed by atoms with E-state index in [2.05, 4.69) is 16.4 Å². The summed E-state index contributed by atoms with van der Waals surface area (Å²) in [5, 5.41) is 18.1. The minimum absolute atomic E-state index is 0.115. The highest BCUT2D eigenvalue weighted by atomic mass is 32.2. The molecular weight excluding hydrogens is 517 g/mol. The number of hydrogen-bond acceptors (Lipinski definition) is 7. The third-order valence-electron chi connectivity index (χ3n) is 5.62. The van der Waals surface area contributed by atoms with Gasteiger partial charge in [-0.1, -0.05) is 66.2 Å². The van der Waals surface area contributed by atoms with E-state index in [-0.39, 0.29) is 12.3 Å². The number of carbonyl (C=O) groups is 1. The van der Waals surface area contributed by atoms with Crippen LogP contribution < -0.4 is 5.32 Å². The highest BCUT2D eigenvalue weighted by Crippen LogP contribution is 2.35. The number of thiophene rings is 1. The molecule has 0 atom stereocenters. The Balaban J connectivity index is 1.34. The lowest BCUT2D eigenvalue weighted by Gasteiger charge is -2.13. The minimum Gasteiger partial charge on any atom is -0.302 e. The van der Waals surface area contributed by atoms with Crippen molar-refractivity contribution in [2.24, 2.45) is 0 Å². The van der Waals surface area contributed by atoms with E-state index in [1.165, 1.54) is 23.1 Å². The van der Waals surface area contributed by atoms with Crippen LogP contribution >= 0.6 is 34.4 Å². The zero-order valence-corrected chi connectivity index (χ0v) is 22.4. The molecule has 0 aliphatic rings. The maximum absolute atomic E-state index is 12.6. The minimum atomic E-state index is -0.115. The lowest BCUT2D eigenvalue weighted by atomic mass is 9.98. The molecule has 8 heteroatoms. The number of rotatable bonds is 8. The van der Waals surface area contributed by atoms with Gasteiger partial charge in [-0.2, -0.15) is 5.26 Å². The van der Waals surface area contributed by atoms with Gasteiger partial charge in [0.15, 0.2) is 5.13 Å². The van der Waals surface area contributed by atoms with Crippen molar-refractivity contribution in [2.45, 2.75) is 18.4 Å². The van der Waals surface area contributed by atoms with Crippen LogP contribution in [0.4, 0.5) is 5.13 Å². The molecule has 0 saturated heterocycles. The molecule has 0 saturated carbocycles. The van der Waals surface area contributed by atoms with Crippen LogP contribution in [0.15, 0.2) is 88.6 Å². The summed E-state index contributed by atoms with van der Waals surface area (Å²) in [7, 11) is 0. The summed E-state index contributed by atoms with van der Waals surface area (Å²) in [5.74, 6) is 0.374. The molecule has 0 fully saturated rings. The van der Waals surface area contributed by atoms with Crippen LogP contribution in [0.5, 0.6) is 0 Å². The number of anilines is 1. The molecule has 182 valence electrons. The van der Waals surface area contributed by atoms with Crippen LogP contribution in [0.25, 0.3) is 33.0 Å². The molecule has 0 bridgehead atoms. The molecule has 5 rings (SSSR count). The topological polar surface area (TPSA) is 78.7 Å². The number of aryl methyl sites for hydroxylation is 1. The van der Waals surface area contributed by atoms with E-state index in [9.17, 15) is 10.1 Å². The first kappa shape index (κ1) is 24.9. The van der Waals surface area contributed by atoms with Crippen molar-refractivity contribution >= 4 is 45.5 Å². The number of aromatic nitrogens is 2. The van der Waals surface area contributed by atoms with Crippen molar-refractivity contribution < 1.29 is 4.79 Å². The maximum Gasteiger partial charge on any atom is 0.226 e. The second-order valence-electron chi connectivity index (χ2n) is 8.24. The van der Waals surface area contributed by atoms with Crippen LogP contribution in [0.1, 0.15) is 17.5 Å². The van der Waals surface area contributed by atoms with Crippen molar-refractivity contribution in [2.75, 3.05) is 11.1 Å². The Morgan fingerprint density at radius 2 is 1.78 bits per heavy atom. The third kappa shape index (κ3) is 5.97. The fraction of sp³-hybridized carbons (Fsp3) is 0.103. The number of thiazole rings is 1. The van der Waals surface area contributed by atoms with E-state index in [1.54, 1.807) is 11.3 Å². The molecule has 3 heterocycles. The van der Waals surface area contributed by atoms with E-state index < -0.39 is 0 Å². The fourth-order valence-electron chi connectivity index (χ4n) is 3.74. The van der Waals surface area contributed by atoms with E-state index in [0.717, 1.165) is 38.5 Å². The van der Waals surface area contributed by atoms with Gasteiger partial charge in [0.2, 0.25) is 5.91 Å². The van der Waals surface area contributed by atoms with Gasteiger partial charge in [-0.3, -0.25) is 4.79 Å². The van der Waals surface area contributed by atoms with E-state index >= 15 is 0 Å². The Hall–Kier alpha value is -3.77. The monoisotopic (exact) mass is 538 g/mol. The Morgan fingerprint density at radius 1 is 0.973 bits per heavy atom. The molecule has 0 aliphatic heterocycles. The van der Waals surface area contributed by atoms with Crippen molar-refractivity contribution in [3.63, 3.8) is 0 Å². The van der Waals surface area contributed by atoms with E-state index in [1.807, 2.05) is 90.5 Å². The maximum atomic E-state index is 12.6. The molecule has 5 nitrogen and oxygen atoms in total. The highest BCUT2D eigenvalue weighted by molar-refractivity contribution is 7.99. The number of nitriles is 1. The van der Waals surface area contributed by atoms with Crippen LogP contribution in [-0.2, 0) is 4.79 Å². The average Bonchev–Trinajstić information content (AvgIpc) is 3.62. The smallest absolute Gasteiger partial charge is 0.226 e. The summed E-state index contributed by atoms with van der Waals surface area (Å²) >= 11 is 4.46. The van der Waals surface area contributed by atoms with Crippen molar-refractivity contribution in [1.29, 1.82) is 5.26 Å². The molecule has 1 amide bonds. The molecule has 0 spiro atoms. The number of pyridine rings is 1. The molecule has 5 aromatic rings. The third-order valence-corrected chi connectivity index (χ3v) is 8.25. The van der Waals surface area contributed by atoms with Gasteiger partial charge in [-0.25, -0.2) is 9.97 Å². The molecular formula is C29H22N4OS3. The Morgan fingerprint density at radius 3 is 2.51 bits per heavy atom. The Kier molecular flexibility index (Phi) is 7.76. The summed E-state index contributed by atoms with van der Waals surface area (Å²) < 4.78 is 0. The average molecular weight is 539 g/mol. The zero-order valence-electron chi connectivity index (χ0n) is 20.0. The Bertz CT molecular complexity index is 1550. The zero-order chi connectivity index (χ0) is 25.6. The predicted molar refractivity (Wildman–Crippen MR) is 154 cm³/mol. The molecule has 2 aromatic carbocycles. The van der Waals surface area contributed by atoms with Gasteiger partial charge in [0.25, 0.3) is 0 Å². The molecule has 0 unspecified atom stereocenters. The highest BCUT2D eigenvalue weighted by Gasteiger charge is 2.17. The van der Waals surface area contributed by atoms with Crippen molar-refractivity contribution in [1.82, 2.24) is 9.97 Å². The van der Waals surface area contributed by atoms with Crippen molar-refractivity contribution in [3.05, 3.63) is 94.7 Å². The lowest BCUT2D eigenvalue weighted by Crippen LogP contribution is -2.12. The van der Waals surface area contributed by atoms with E-state index in [4.69, 9.17) is 4.98 Å². The van der Waals surface area contributed by atoms with Gasteiger partial charge in [-0.15, -0.1) is 34.4 Å². The molecule has 1 N–H and O–H groups in total. The second kappa shape index (κ2) is 11.5. The quantitative estimate of drug-likeness (QED) is 0.203. The molecule has 0 radical (unpaired) electrons. The number of nitrogens with zero attached hydrogens (tertiary/aromatic N) is 3. The summed E-state index contributed by atoms with van der Waals surface area (Å²) in [6, 6.07) is 26.4. The fourth-order valence-corrected chi connectivity index (χ4v) is 6.17. The van der Waals surface area contributed by atoms with E-state index in [0.29, 0.717) is 21.5 Å². The van der Waals surface area contributed by atoms with Gasteiger partial charge in [0.05, 0.1) is 21.8 Å². The SMILES string of the molecule is Cc1ccc(-c2cc(-c3ccccc3)nc(SCCC(=O)Nc3nc(-c4cccs4)cs3)c2C#N)cc1. The number of hydrogen-bond donors (Lipinski definition) is 1. The summed E-state index contributed by atoms with van der Waals surface area (Å²) in [6.07, 6.45) is 0.278. The Labute approximate surface area is 227 Å². The first-order valence-corrected chi connectivity index (χ1v) is 14.3. The largest absolute Gasteiger partial charge is 0.302 e. The van der Waals surface area contributed by atoms with Gasteiger partial charge in [0.1, 0.15) is 11.1 Å². The van der Waals surface area contributed by atoms with Gasteiger partial charge < -0.3 is 5.32 Å². The number of benzene rings is 2. The number of thioether (sulfide) groups is 1. The van der Waals surface area contributed by atoms with Crippen LogP contribution in [-0.4, -0.2) is 21.6 Å². The normalized spacial score (nSPS) is 10.7. The summed E-state index contributed by atoms with van der Waals surface area (Å²) in [5.41, 5.74) is 6.13. The summed E-state index contributed by atoms with van der Waals surface area (Å²) in [6.45, 7) is 2.04. The number of nitrogens with one attached hydrogen (secondary N) is 1. The first-order valence-electron chi connectivity index (χ1n) is 11.6.